The van der Waals surface area contributed by atoms with E-state index in [4.69, 9.17) is 0 Å². The van der Waals surface area contributed by atoms with E-state index in [1.54, 1.807) is 31.2 Å². The predicted molar refractivity (Wildman–Crippen MR) is 74.8 cm³/mol. The molecule has 0 fully saturated rings. The lowest BCUT2D eigenvalue weighted by atomic mass is 10.0. The monoisotopic (exact) mass is 293 g/mol. The highest BCUT2D eigenvalue weighted by Crippen LogP contribution is 2.30. The fraction of sp³-hybridized carbons (Fsp3) is 0.188. The molecular weight excluding hydrogens is 279 g/mol. The van der Waals surface area contributed by atoms with Gasteiger partial charge in [0.15, 0.2) is 0 Å². The number of rotatable bonds is 3. The van der Waals surface area contributed by atoms with Crippen molar-refractivity contribution in [3.63, 3.8) is 0 Å². The SMILES string of the molecule is C/C=C(\O)c1ccc(C(F)(F)F)nc1Cc1ccccc1. The second kappa shape index (κ2) is 5.99. The van der Waals surface area contributed by atoms with E-state index in [2.05, 4.69) is 4.98 Å². The Morgan fingerprint density at radius 2 is 1.81 bits per heavy atom. The molecule has 0 spiro atoms. The molecule has 1 aromatic carbocycles. The van der Waals surface area contributed by atoms with Crippen LogP contribution >= 0.6 is 0 Å². The number of nitrogens with zero attached hydrogens (tertiary/aromatic N) is 1. The number of hydrogen-bond acceptors (Lipinski definition) is 2. The lowest BCUT2D eigenvalue weighted by Gasteiger charge is -2.12. The molecule has 5 heteroatoms. The van der Waals surface area contributed by atoms with E-state index in [-0.39, 0.29) is 17.9 Å². The Kier molecular flexibility index (Phi) is 4.31. The number of aliphatic hydroxyl groups is 1. The average Bonchev–Trinajstić information content (AvgIpc) is 2.46. The summed E-state index contributed by atoms with van der Waals surface area (Å²) in [6.45, 7) is 1.61. The van der Waals surface area contributed by atoms with Crippen LogP contribution in [-0.4, -0.2) is 10.1 Å². The molecule has 2 aromatic rings. The van der Waals surface area contributed by atoms with Gasteiger partial charge in [0, 0.05) is 12.0 Å². The number of halogens is 3. The number of alkyl halides is 3. The van der Waals surface area contributed by atoms with Crippen LogP contribution in [0.25, 0.3) is 5.76 Å². The standard InChI is InChI=1S/C16H14F3NO/c1-2-14(21)12-8-9-15(16(17,18)19)20-13(12)10-11-6-4-3-5-7-11/h2-9,21H,10H2,1H3/b14-2-. The Morgan fingerprint density at radius 1 is 1.14 bits per heavy atom. The molecule has 0 saturated carbocycles. The third-order valence-electron chi connectivity index (χ3n) is 3.03. The van der Waals surface area contributed by atoms with E-state index in [1.165, 1.54) is 12.1 Å². The van der Waals surface area contributed by atoms with Crippen LogP contribution in [0.4, 0.5) is 13.2 Å². The number of aliphatic hydroxyl groups excluding tert-OH is 1. The Bertz CT molecular complexity index is 648. The van der Waals surface area contributed by atoms with Crippen LogP contribution in [0.3, 0.4) is 0 Å². The van der Waals surface area contributed by atoms with Gasteiger partial charge in [-0.3, -0.25) is 0 Å². The summed E-state index contributed by atoms with van der Waals surface area (Å²) in [5.74, 6) is -0.0813. The van der Waals surface area contributed by atoms with E-state index in [0.717, 1.165) is 11.6 Å². The third kappa shape index (κ3) is 3.62. The molecular formula is C16H14F3NO. The summed E-state index contributed by atoms with van der Waals surface area (Å²) in [7, 11) is 0. The van der Waals surface area contributed by atoms with Crippen molar-refractivity contribution >= 4 is 5.76 Å². The molecule has 2 nitrogen and oxygen atoms in total. The van der Waals surface area contributed by atoms with E-state index < -0.39 is 11.9 Å². The first-order valence-corrected chi connectivity index (χ1v) is 6.38. The van der Waals surface area contributed by atoms with Crippen molar-refractivity contribution in [2.75, 3.05) is 0 Å². The number of aromatic nitrogens is 1. The quantitative estimate of drug-likeness (QED) is 0.838. The molecule has 0 aliphatic rings. The summed E-state index contributed by atoms with van der Waals surface area (Å²) in [5.41, 5.74) is 0.386. The molecule has 1 N–H and O–H groups in total. The maximum absolute atomic E-state index is 12.8. The van der Waals surface area contributed by atoms with Gasteiger partial charge in [-0.05, 0) is 30.7 Å². The van der Waals surface area contributed by atoms with Crippen LogP contribution in [0.2, 0.25) is 0 Å². The number of hydrogen-bond donors (Lipinski definition) is 1. The smallest absolute Gasteiger partial charge is 0.433 e. The maximum atomic E-state index is 12.8. The maximum Gasteiger partial charge on any atom is 0.433 e. The number of pyridine rings is 1. The van der Waals surface area contributed by atoms with E-state index >= 15 is 0 Å². The molecule has 110 valence electrons. The van der Waals surface area contributed by atoms with Crippen LogP contribution in [0.1, 0.15) is 29.4 Å². The molecule has 0 atom stereocenters. The minimum atomic E-state index is -4.50. The average molecular weight is 293 g/mol. The van der Waals surface area contributed by atoms with Gasteiger partial charge in [-0.15, -0.1) is 0 Å². The van der Waals surface area contributed by atoms with Gasteiger partial charge in [-0.1, -0.05) is 30.3 Å². The summed E-state index contributed by atoms with van der Waals surface area (Å²) < 4.78 is 38.3. The summed E-state index contributed by atoms with van der Waals surface area (Å²) in [6.07, 6.45) is -2.85. The zero-order valence-electron chi connectivity index (χ0n) is 11.4. The van der Waals surface area contributed by atoms with Gasteiger partial charge in [-0.2, -0.15) is 13.2 Å². The summed E-state index contributed by atoms with van der Waals surface area (Å²) in [4.78, 5) is 3.68. The van der Waals surface area contributed by atoms with Crippen LogP contribution in [0, 0.1) is 0 Å². The van der Waals surface area contributed by atoms with Gasteiger partial charge in [0.25, 0.3) is 0 Å². The van der Waals surface area contributed by atoms with Gasteiger partial charge < -0.3 is 5.11 Å². The summed E-state index contributed by atoms with van der Waals surface area (Å²) in [6, 6.07) is 11.2. The molecule has 1 aromatic heterocycles. The molecule has 21 heavy (non-hydrogen) atoms. The number of allylic oxidation sites excluding steroid dienone is 1. The Morgan fingerprint density at radius 3 is 2.38 bits per heavy atom. The minimum Gasteiger partial charge on any atom is -0.508 e. The molecule has 0 saturated heterocycles. The summed E-state index contributed by atoms with van der Waals surface area (Å²) in [5, 5.41) is 9.82. The molecule has 2 rings (SSSR count). The molecule has 0 radical (unpaired) electrons. The third-order valence-corrected chi connectivity index (χ3v) is 3.03. The zero-order chi connectivity index (χ0) is 15.5. The topological polar surface area (TPSA) is 33.1 Å². The van der Waals surface area contributed by atoms with E-state index in [1.807, 2.05) is 6.07 Å². The van der Waals surface area contributed by atoms with Crippen molar-refractivity contribution in [3.8, 4) is 0 Å². The first-order chi connectivity index (χ1) is 9.91. The van der Waals surface area contributed by atoms with Gasteiger partial charge in [0.1, 0.15) is 11.5 Å². The number of benzene rings is 1. The van der Waals surface area contributed by atoms with Crippen molar-refractivity contribution in [1.82, 2.24) is 4.98 Å². The van der Waals surface area contributed by atoms with Crippen molar-refractivity contribution < 1.29 is 18.3 Å². The molecule has 0 bridgehead atoms. The fourth-order valence-corrected chi connectivity index (χ4v) is 1.97. The zero-order valence-corrected chi connectivity index (χ0v) is 11.4. The van der Waals surface area contributed by atoms with Crippen LogP contribution in [0.15, 0.2) is 48.5 Å². The van der Waals surface area contributed by atoms with Crippen molar-refractivity contribution in [2.45, 2.75) is 19.5 Å². The predicted octanol–water partition coefficient (Wildman–Crippen LogP) is 4.61. The highest BCUT2D eigenvalue weighted by Gasteiger charge is 2.33. The first-order valence-electron chi connectivity index (χ1n) is 6.38. The molecule has 0 aliphatic heterocycles. The molecule has 0 unspecified atom stereocenters. The fourth-order valence-electron chi connectivity index (χ4n) is 1.97. The highest BCUT2D eigenvalue weighted by atomic mass is 19.4. The second-order valence-corrected chi connectivity index (χ2v) is 4.52. The second-order valence-electron chi connectivity index (χ2n) is 4.52. The molecule has 0 aliphatic carbocycles. The van der Waals surface area contributed by atoms with Gasteiger partial charge >= 0.3 is 6.18 Å². The Balaban J connectivity index is 2.48. The van der Waals surface area contributed by atoms with Crippen molar-refractivity contribution in [2.24, 2.45) is 0 Å². The summed E-state index contributed by atoms with van der Waals surface area (Å²) >= 11 is 0. The van der Waals surface area contributed by atoms with E-state index in [0.29, 0.717) is 5.56 Å². The Hall–Kier alpha value is -2.30. The minimum absolute atomic E-state index is 0.0813. The lowest BCUT2D eigenvalue weighted by Crippen LogP contribution is -2.11. The van der Waals surface area contributed by atoms with Crippen LogP contribution < -0.4 is 0 Å². The first kappa shape index (κ1) is 15.1. The molecule has 0 amide bonds. The largest absolute Gasteiger partial charge is 0.508 e. The van der Waals surface area contributed by atoms with Crippen LogP contribution in [0.5, 0.6) is 0 Å². The van der Waals surface area contributed by atoms with Gasteiger partial charge in [0.2, 0.25) is 0 Å². The Labute approximate surface area is 120 Å². The normalized spacial score (nSPS) is 12.5. The van der Waals surface area contributed by atoms with Gasteiger partial charge in [0.05, 0.1) is 5.69 Å². The molecule has 1 heterocycles. The van der Waals surface area contributed by atoms with Crippen LogP contribution in [-0.2, 0) is 12.6 Å². The van der Waals surface area contributed by atoms with E-state index in [9.17, 15) is 18.3 Å². The van der Waals surface area contributed by atoms with Crippen molar-refractivity contribution in [1.29, 1.82) is 0 Å². The highest BCUT2D eigenvalue weighted by molar-refractivity contribution is 5.61. The van der Waals surface area contributed by atoms with Crippen molar-refractivity contribution in [3.05, 3.63) is 71.1 Å². The lowest BCUT2D eigenvalue weighted by molar-refractivity contribution is -0.141. The van der Waals surface area contributed by atoms with Gasteiger partial charge in [-0.25, -0.2) is 4.98 Å².